The van der Waals surface area contributed by atoms with Crippen LogP contribution < -0.4 is 5.32 Å². The molecule has 0 bridgehead atoms. The van der Waals surface area contributed by atoms with Crippen LogP contribution in [0.1, 0.15) is 48.9 Å². The molecule has 2 aliphatic heterocycles. The first-order valence-electron chi connectivity index (χ1n) is 11.3. The van der Waals surface area contributed by atoms with Gasteiger partial charge in [-0.2, -0.15) is 0 Å². The molecule has 1 aromatic rings. The van der Waals surface area contributed by atoms with Crippen LogP contribution in [0.4, 0.5) is 4.39 Å². The molecule has 0 spiro atoms. The number of carbonyl (C=O) groups is 3. The van der Waals surface area contributed by atoms with Gasteiger partial charge in [0.05, 0.1) is 6.54 Å². The Hall–Kier alpha value is -2.48. The first kappa shape index (κ1) is 23.2. The largest absolute Gasteiger partial charge is 0.355 e. The summed E-state index contributed by atoms with van der Waals surface area (Å²) in [6.45, 7) is 4.94. The number of nitrogens with one attached hydrogen (secondary N) is 1. The fourth-order valence-electron chi connectivity index (χ4n) is 4.14. The summed E-state index contributed by atoms with van der Waals surface area (Å²) in [5.74, 6) is -0.259. The van der Waals surface area contributed by atoms with Crippen LogP contribution in [0.2, 0.25) is 0 Å². The van der Waals surface area contributed by atoms with Gasteiger partial charge in [0.1, 0.15) is 5.82 Å². The Bertz CT molecular complexity index is 756. The Labute approximate surface area is 183 Å². The molecule has 0 aromatic heterocycles. The van der Waals surface area contributed by atoms with E-state index >= 15 is 0 Å². The predicted molar refractivity (Wildman–Crippen MR) is 116 cm³/mol. The summed E-state index contributed by atoms with van der Waals surface area (Å²) in [6.07, 6.45) is 5.35. The summed E-state index contributed by atoms with van der Waals surface area (Å²) in [7, 11) is 0. The van der Waals surface area contributed by atoms with E-state index in [1.54, 1.807) is 4.90 Å². The molecule has 0 aliphatic carbocycles. The Kier molecular flexibility index (Phi) is 8.82. The van der Waals surface area contributed by atoms with Crippen molar-refractivity contribution in [2.24, 2.45) is 0 Å². The zero-order chi connectivity index (χ0) is 22.1. The lowest BCUT2D eigenvalue weighted by atomic mass is 10.2. The topological polar surface area (TPSA) is 73.0 Å². The van der Waals surface area contributed by atoms with Crippen LogP contribution in [0.25, 0.3) is 0 Å². The van der Waals surface area contributed by atoms with Gasteiger partial charge >= 0.3 is 0 Å². The molecule has 3 rings (SSSR count). The highest BCUT2D eigenvalue weighted by Gasteiger charge is 2.21. The van der Waals surface area contributed by atoms with Crippen LogP contribution in [-0.2, 0) is 9.59 Å². The van der Waals surface area contributed by atoms with E-state index in [0.717, 1.165) is 45.2 Å². The zero-order valence-electron chi connectivity index (χ0n) is 18.2. The van der Waals surface area contributed by atoms with Crippen molar-refractivity contribution in [3.63, 3.8) is 0 Å². The minimum atomic E-state index is -0.359. The minimum Gasteiger partial charge on any atom is -0.355 e. The first-order valence-corrected chi connectivity index (χ1v) is 11.3. The molecule has 1 aromatic carbocycles. The maximum Gasteiger partial charge on any atom is 0.253 e. The third-order valence-electron chi connectivity index (χ3n) is 5.93. The maximum absolute atomic E-state index is 13.1. The van der Waals surface area contributed by atoms with Gasteiger partial charge in [0.2, 0.25) is 11.8 Å². The number of halogens is 1. The summed E-state index contributed by atoms with van der Waals surface area (Å²) in [5.41, 5.74) is 0.482. The van der Waals surface area contributed by atoms with Crippen molar-refractivity contribution in [2.75, 3.05) is 52.4 Å². The van der Waals surface area contributed by atoms with E-state index in [1.807, 2.05) is 4.90 Å². The Morgan fingerprint density at radius 3 is 2.55 bits per heavy atom. The summed E-state index contributed by atoms with van der Waals surface area (Å²) in [4.78, 5) is 42.7. The number of likely N-dealkylation sites (tertiary alicyclic amines) is 1. The molecule has 8 heteroatoms. The van der Waals surface area contributed by atoms with Crippen molar-refractivity contribution in [1.29, 1.82) is 0 Å². The van der Waals surface area contributed by atoms with E-state index < -0.39 is 0 Å². The fourth-order valence-corrected chi connectivity index (χ4v) is 4.14. The second-order valence-electron chi connectivity index (χ2n) is 8.32. The molecular formula is C23H33FN4O3. The molecule has 0 radical (unpaired) electrons. The minimum absolute atomic E-state index is 0.0273. The van der Waals surface area contributed by atoms with Gasteiger partial charge in [0.15, 0.2) is 0 Å². The van der Waals surface area contributed by atoms with Gasteiger partial charge in [-0.3, -0.25) is 19.3 Å². The zero-order valence-corrected chi connectivity index (χ0v) is 18.2. The van der Waals surface area contributed by atoms with Gasteiger partial charge in [0.25, 0.3) is 5.91 Å². The fraction of sp³-hybridized carbons (Fsp3) is 0.609. The lowest BCUT2D eigenvalue weighted by Gasteiger charge is -2.22. The van der Waals surface area contributed by atoms with E-state index in [4.69, 9.17) is 0 Å². The molecule has 7 nitrogen and oxygen atoms in total. The average Bonchev–Trinajstić information content (AvgIpc) is 3.12. The second-order valence-corrected chi connectivity index (χ2v) is 8.32. The Balaban J connectivity index is 1.35. The second kappa shape index (κ2) is 11.8. The van der Waals surface area contributed by atoms with Crippen molar-refractivity contribution in [3.8, 4) is 0 Å². The van der Waals surface area contributed by atoms with Crippen LogP contribution in [0.5, 0.6) is 0 Å². The average molecular weight is 433 g/mol. The standard InChI is InChI=1S/C23H33FN4O3/c24-20-9-7-19(8-10-20)23(31)28-15-5-12-26(16-17-28)18-21(29)25-11-4-14-27-13-3-1-2-6-22(27)30/h7-10H,1-6,11-18H2,(H,25,29). The van der Waals surface area contributed by atoms with E-state index in [1.165, 1.54) is 24.3 Å². The van der Waals surface area contributed by atoms with Gasteiger partial charge in [0, 0.05) is 57.8 Å². The number of benzene rings is 1. The predicted octanol–water partition coefficient (Wildman–Crippen LogP) is 1.88. The molecule has 3 amide bonds. The van der Waals surface area contributed by atoms with Gasteiger partial charge in [-0.1, -0.05) is 6.42 Å². The van der Waals surface area contributed by atoms with Crippen LogP contribution in [0.3, 0.4) is 0 Å². The van der Waals surface area contributed by atoms with Crippen molar-refractivity contribution < 1.29 is 18.8 Å². The van der Waals surface area contributed by atoms with Gasteiger partial charge in [-0.25, -0.2) is 4.39 Å². The van der Waals surface area contributed by atoms with E-state index in [0.29, 0.717) is 51.3 Å². The van der Waals surface area contributed by atoms with Crippen molar-refractivity contribution in [3.05, 3.63) is 35.6 Å². The number of nitrogens with zero attached hydrogens (tertiary/aromatic N) is 3. The summed E-state index contributed by atoms with van der Waals surface area (Å²) < 4.78 is 13.1. The smallest absolute Gasteiger partial charge is 0.253 e. The number of hydrogen-bond donors (Lipinski definition) is 1. The monoisotopic (exact) mass is 432 g/mol. The SMILES string of the molecule is O=C(CN1CCCN(C(=O)c2ccc(F)cc2)CC1)NCCCN1CCCCCC1=O. The maximum atomic E-state index is 13.1. The van der Waals surface area contributed by atoms with Crippen molar-refractivity contribution >= 4 is 17.7 Å². The number of rotatable bonds is 7. The molecule has 0 saturated carbocycles. The Morgan fingerprint density at radius 2 is 1.74 bits per heavy atom. The number of carbonyl (C=O) groups excluding carboxylic acids is 3. The molecule has 31 heavy (non-hydrogen) atoms. The van der Waals surface area contributed by atoms with Gasteiger partial charge < -0.3 is 15.1 Å². The molecule has 2 saturated heterocycles. The van der Waals surface area contributed by atoms with Crippen LogP contribution in [0.15, 0.2) is 24.3 Å². The van der Waals surface area contributed by atoms with E-state index in [9.17, 15) is 18.8 Å². The number of hydrogen-bond acceptors (Lipinski definition) is 4. The Morgan fingerprint density at radius 1 is 0.935 bits per heavy atom. The quantitative estimate of drug-likeness (QED) is 0.668. The van der Waals surface area contributed by atoms with Gasteiger partial charge in [-0.05, 0) is 49.9 Å². The summed E-state index contributed by atoms with van der Waals surface area (Å²) in [6, 6.07) is 5.61. The molecule has 1 N–H and O–H groups in total. The lowest BCUT2D eigenvalue weighted by molar-refractivity contribution is -0.130. The van der Waals surface area contributed by atoms with Crippen LogP contribution in [0, 0.1) is 5.82 Å². The van der Waals surface area contributed by atoms with Crippen molar-refractivity contribution in [1.82, 2.24) is 20.0 Å². The first-order chi connectivity index (χ1) is 15.0. The van der Waals surface area contributed by atoms with Crippen LogP contribution in [-0.4, -0.2) is 84.8 Å². The van der Waals surface area contributed by atoms with Crippen molar-refractivity contribution in [2.45, 2.75) is 38.5 Å². The highest BCUT2D eigenvalue weighted by molar-refractivity contribution is 5.94. The molecule has 2 fully saturated rings. The van der Waals surface area contributed by atoms with Crippen LogP contribution >= 0.6 is 0 Å². The normalized spacial score (nSPS) is 18.4. The van der Waals surface area contributed by atoms with E-state index in [-0.39, 0.29) is 23.5 Å². The van der Waals surface area contributed by atoms with E-state index in [2.05, 4.69) is 10.2 Å². The summed E-state index contributed by atoms with van der Waals surface area (Å²) in [5, 5.41) is 2.95. The third-order valence-corrected chi connectivity index (χ3v) is 5.93. The number of amides is 3. The molecule has 2 aliphatic rings. The third kappa shape index (κ3) is 7.31. The molecule has 170 valence electrons. The van der Waals surface area contributed by atoms with Gasteiger partial charge in [-0.15, -0.1) is 0 Å². The molecular weight excluding hydrogens is 399 g/mol. The molecule has 2 heterocycles. The lowest BCUT2D eigenvalue weighted by Crippen LogP contribution is -2.41. The molecule has 0 unspecified atom stereocenters. The molecule has 0 atom stereocenters. The highest BCUT2D eigenvalue weighted by Crippen LogP contribution is 2.12. The summed E-state index contributed by atoms with van der Waals surface area (Å²) >= 11 is 0. The highest BCUT2D eigenvalue weighted by atomic mass is 19.1.